The quantitative estimate of drug-likeness (QED) is 0.190. The number of phenols is 1. The minimum atomic E-state index is -1.21. The first-order chi connectivity index (χ1) is 15.2. The number of non-ortho nitro benzene ring substituents is 1. The molecule has 0 fully saturated rings. The number of nitro benzene ring substituents is 3. The Hall–Kier alpha value is -4.07. The Morgan fingerprint density at radius 3 is 2.09 bits per heavy atom. The number of thioether (sulfide) groups is 1. The van der Waals surface area contributed by atoms with E-state index in [4.69, 9.17) is 10.8 Å². The van der Waals surface area contributed by atoms with Crippen LogP contribution in [-0.4, -0.2) is 37.0 Å². The number of nitrogens with zero attached hydrogens (tertiary/aromatic N) is 5. The van der Waals surface area contributed by atoms with E-state index in [2.05, 4.69) is 17.1 Å². The normalized spacial score (nSPS) is 11.0. The molecular formula is C18H20N6O7S. The summed E-state index contributed by atoms with van der Waals surface area (Å²) in [6.07, 6.45) is 4.03. The van der Waals surface area contributed by atoms with E-state index in [9.17, 15) is 30.3 Å². The van der Waals surface area contributed by atoms with Gasteiger partial charge in [-0.15, -0.1) is 5.10 Å². The van der Waals surface area contributed by atoms with Gasteiger partial charge in [-0.2, -0.15) is 5.10 Å². The average Bonchev–Trinajstić information content (AvgIpc) is 2.74. The van der Waals surface area contributed by atoms with Gasteiger partial charge < -0.3 is 10.8 Å². The first-order valence-corrected chi connectivity index (χ1v) is 10.00. The van der Waals surface area contributed by atoms with E-state index in [0.717, 1.165) is 17.7 Å². The second kappa shape index (κ2) is 13.3. The molecule has 0 aliphatic rings. The van der Waals surface area contributed by atoms with E-state index < -0.39 is 37.6 Å². The van der Waals surface area contributed by atoms with E-state index in [-0.39, 0.29) is 0 Å². The van der Waals surface area contributed by atoms with Crippen molar-refractivity contribution < 1.29 is 19.9 Å². The van der Waals surface area contributed by atoms with Gasteiger partial charge in [-0.05, 0) is 12.0 Å². The minimum Gasteiger partial charge on any atom is -0.497 e. The van der Waals surface area contributed by atoms with Crippen LogP contribution in [0.1, 0.15) is 25.3 Å². The molecule has 14 heteroatoms. The van der Waals surface area contributed by atoms with Gasteiger partial charge in [-0.25, -0.2) is 0 Å². The second-order valence-electron chi connectivity index (χ2n) is 5.90. The Morgan fingerprint density at radius 1 is 1.06 bits per heavy atom. The highest BCUT2D eigenvalue weighted by molar-refractivity contribution is 8.13. The molecule has 0 aliphatic heterocycles. The van der Waals surface area contributed by atoms with Crippen LogP contribution in [0, 0.1) is 30.3 Å². The topological polar surface area (TPSA) is 200 Å². The Balaban J connectivity index is 0.000000320. The van der Waals surface area contributed by atoms with E-state index in [0.29, 0.717) is 17.3 Å². The van der Waals surface area contributed by atoms with Crippen molar-refractivity contribution in [3.05, 3.63) is 78.4 Å². The van der Waals surface area contributed by atoms with Gasteiger partial charge in [0.15, 0.2) is 5.17 Å². The van der Waals surface area contributed by atoms with Crippen molar-refractivity contribution in [1.29, 1.82) is 0 Å². The molecule has 2 aromatic rings. The summed E-state index contributed by atoms with van der Waals surface area (Å²) in [5, 5.41) is 48.6. The van der Waals surface area contributed by atoms with Crippen LogP contribution in [0.15, 0.2) is 52.7 Å². The van der Waals surface area contributed by atoms with E-state index in [1.807, 2.05) is 30.3 Å². The number of unbranched alkanes of at least 4 members (excludes halogenated alkanes) is 1. The molecule has 0 bridgehead atoms. The maximum Gasteiger partial charge on any atom is 0.324 e. The molecule has 0 aliphatic carbocycles. The lowest BCUT2D eigenvalue weighted by molar-refractivity contribution is -0.404. The Kier molecular flexibility index (Phi) is 10.8. The molecule has 0 amide bonds. The molecule has 13 nitrogen and oxygen atoms in total. The number of phenolic OH excluding ortho intramolecular Hbond substituents is 1. The minimum absolute atomic E-state index is 0.447. The number of hydrogen-bond donors (Lipinski definition) is 2. The van der Waals surface area contributed by atoms with Crippen LogP contribution in [0.2, 0.25) is 0 Å². The fraction of sp³-hybridized carbons (Fsp3) is 0.222. The number of nitro groups is 3. The molecule has 2 rings (SSSR count). The van der Waals surface area contributed by atoms with Gasteiger partial charge in [0, 0.05) is 5.75 Å². The number of hydrogen-bond acceptors (Lipinski definition) is 10. The largest absolute Gasteiger partial charge is 0.497 e. The van der Waals surface area contributed by atoms with Gasteiger partial charge >= 0.3 is 11.4 Å². The number of nitrogens with two attached hydrogens (primary N) is 1. The molecule has 0 spiro atoms. The van der Waals surface area contributed by atoms with Crippen LogP contribution >= 0.6 is 11.8 Å². The van der Waals surface area contributed by atoms with Crippen molar-refractivity contribution in [3.63, 3.8) is 0 Å². The SMILES string of the molecule is CCCCSC(N)=NN=Cc1ccccc1.O=[N+]([O-])c1cc([N+](=O)[O-])c(O)c([N+](=O)[O-])c1. The van der Waals surface area contributed by atoms with E-state index >= 15 is 0 Å². The van der Waals surface area contributed by atoms with E-state index in [1.165, 1.54) is 6.42 Å². The summed E-state index contributed by atoms with van der Waals surface area (Å²) in [6.45, 7) is 2.15. The number of amidine groups is 1. The first kappa shape index (κ1) is 26.0. The summed E-state index contributed by atoms with van der Waals surface area (Å²) in [5.74, 6) is -0.201. The third-order valence-electron chi connectivity index (χ3n) is 3.57. The molecule has 3 N–H and O–H groups in total. The maximum atomic E-state index is 10.4. The Bertz CT molecular complexity index is 979. The van der Waals surface area contributed by atoms with Crippen molar-refractivity contribution in [2.45, 2.75) is 19.8 Å². The summed E-state index contributed by atoms with van der Waals surface area (Å²) < 4.78 is 0. The lowest BCUT2D eigenvalue weighted by Crippen LogP contribution is -2.06. The monoisotopic (exact) mass is 464 g/mol. The van der Waals surface area contributed by atoms with Crippen molar-refractivity contribution in [1.82, 2.24) is 0 Å². The molecule has 0 atom stereocenters. The zero-order valence-electron chi connectivity index (χ0n) is 16.9. The molecular weight excluding hydrogens is 444 g/mol. The number of rotatable bonds is 8. The van der Waals surface area contributed by atoms with Crippen LogP contribution in [0.3, 0.4) is 0 Å². The van der Waals surface area contributed by atoms with Gasteiger partial charge in [-0.1, -0.05) is 55.4 Å². The fourth-order valence-electron chi connectivity index (χ4n) is 2.01. The van der Waals surface area contributed by atoms with Crippen LogP contribution in [0.25, 0.3) is 0 Å². The highest BCUT2D eigenvalue weighted by Crippen LogP contribution is 2.38. The van der Waals surface area contributed by atoms with Gasteiger partial charge in [0.25, 0.3) is 11.4 Å². The highest BCUT2D eigenvalue weighted by atomic mass is 32.2. The Labute approximate surface area is 186 Å². The van der Waals surface area contributed by atoms with Gasteiger partial charge in [0.05, 0.1) is 33.1 Å². The van der Waals surface area contributed by atoms with Gasteiger partial charge in [-0.3, -0.25) is 30.3 Å². The van der Waals surface area contributed by atoms with Crippen LogP contribution < -0.4 is 5.73 Å². The lowest BCUT2D eigenvalue weighted by atomic mass is 10.2. The molecule has 0 radical (unpaired) electrons. The zero-order valence-corrected chi connectivity index (χ0v) is 17.7. The highest BCUT2D eigenvalue weighted by Gasteiger charge is 2.30. The third-order valence-corrected chi connectivity index (χ3v) is 4.44. The molecule has 0 saturated carbocycles. The van der Waals surface area contributed by atoms with Crippen molar-refractivity contribution >= 4 is 40.2 Å². The smallest absolute Gasteiger partial charge is 0.324 e. The zero-order chi connectivity index (χ0) is 24.1. The van der Waals surface area contributed by atoms with Crippen molar-refractivity contribution in [3.8, 4) is 5.75 Å². The second-order valence-corrected chi connectivity index (χ2v) is 7.01. The molecule has 0 unspecified atom stereocenters. The average molecular weight is 464 g/mol. The van der Waals surface area contributed by atoms with Gasteiger partial charge in [0.1, 0.15) is 0 Å². The standard InChI is InChI=1S/C12H17N3S.C6H3N3O7/c1-2-3-9-16-12(13)15-14-10-11-7-5-4-6-8-11;10-6-4(8(13)14)1-3(7(11)12)2-5(6)9(15)16/h4-8,10H,2-3,9H2,1H3,(H2,13,15);1-2,10H. The lowest BCUT2D eigenvalue weighted by Gasteiger charge is -1.97. The third kappa shape index (κ3) is 8.74. The number of aromatic hydroxyl groups is 1. The summed E-state index contributed by atoms with van der Waals surface area (Å²) in [4.78, 5) is 27.8. The van der Waals surface area contributed by atoms with Crippen LogP contribution in [-0.2, 0) is 0 Å². The Morgan fingerprint density at radius 2 is 1.62 bits per heavy atom. The molecule has 170 valence electrons. The molecule has 0 heterocycles. The van der Waals surface area contributed by atoms with Crippen LogP contribution in [0.4, 0.5) is 17.1 Å². The predicted molar refractivity (Wildman–Crippen MR) is 121 cm³/mol. The van der Waals surface area contributed by atoms with E-state index in [1.54, 1.807) is 18.0 Å². The maximum absolute atomic E-state index is 10.4. The molecule has 32 heavy (non-hydrogen) atoms. The summed E-state index contributed by atoms with van der Waals surface area (Å²) in [6, 6.07) is 10.7. The fourth-order valence-corrected chi connectivity index (χ4v) is 2.76. The van der Waals surface area contributed by atoms with Crippen molar-refractivity contribution in [2.75, 3.05) is 5.75 Å². The predicted octanol–water partition coefficient (Wildman–Crippen LogP) is 3.99. The molecule has 0 aromatic heterocycles. The molecule has 0 saturated heterocycles. The molecule has 2 aromatic carbocycles. The van der Waals surface area contributed by atoms with Crippen molar-refractivity contribution in [2.24, 2.45) is 15.9 Å². The van der Waals surface area contributed by atoms with Crippen LogP contribution in [0.5, 0.6) is 5.75 Å². The summed E-state index contributed by atoms with van der Waals surface area (Å²) >= 11 is 1.55. The summed E-state index contributed by atoms with van der Waals surface area (Å²) in [7, 11) is 0. The van der Waals surface area contributed by atoms with Gasteiger partial charge in [0.2, 0.25) is 0 Å². The first-order valence-electron chi connectivity index (χ1n) is 9.01. The number of benzene rings is 2. The summed E-state index contributed by atoms with van der Waals surface area (Å²) in [5.41, 5.74) is 3.70.